The summed E-state index contributed by atoms with van der Waals surface area (Å²) in [4.78, 5) is 25.0. The van der Waals surface area contributed by atoms with Crippen LogP contribution in [0.4, 0.5) is 0 Å². The number of amides is 2. The second kappa shape index (κ2) is 11.0. The zero-order valence-electron chi connectivity index (χ0n) is 16.2. The largest absolute Gasteiger partial charge is 0.354 e. The summed E-state index contributed by atoms with van der Waals surface area (Å²) in [6.45, 7) is 5.94. The van der Waals surface area contributed by atoms with Gasteiger partial charge in [0, 0.05) is 13.2 Å². The monoisotopic (exact) mass is 376 g/mol. The highest BCUT2D eigenvalue weighted by Gasteiger charge is 2.46. The number of carbonyl (C=O) groups excluding carboxylic acids is 2. The fraction of sp³-hybridized carbons (Fsp3) is 0.600. The molecule has 3 unspecified atom stereocenters. The first kappa shape index (κ1) is 21.3. The van der Waals surface area contributed by atoms with E-state index >= 15 is 0 Å². The molecule has 1 fully saturated rings. The van der Waals surface area contributed by atoms with Gasteiger partial charge < -0.3 is 26.4 Å². The van der Waals surface area contributed by atoms with E-state index in [4.69, 9.17) is 10.5 Å². The zero-order chi connectivity index (χ0) is 19.6. The fourth-order valence-electron chi connectivity index (χ4n) is 2.98. The SMILES string of the molecule is CC(C)CC(NC(=O)C1OC1c1ccccc1)C(=O)NCCCCNCN. The fourth-order valence-corrected chi connectivity index (χ4v) is 2.98. The van der Waals surface area contributed by atoms with Crippen LogP contribution < -0.4 is 21.7 Å². The van der Waals surface area contributed by atoms with Crippen molar-refractivity contribution in [3.63, 3.8) is 0 Å². The number of hydrogen-bond donors (Lipinski definition) is 4. The Bertz CT molecular complexity index is 594. The molecule has 7 heteroatoms. The molecule has 0 radical (unpaired) electrons. The first-order chi connectivity index (χ1) is 13.0. The molecular weight excluding hydrogens is 344 g/mol. The van der Waals surface area contributed by atoms with Crippen LogP contribution in [0.5, 0.6) is 0 Å². The summed E-state index contributed by atoms with van der Waals surface area (Å²) in [7, 11) is 0. The molecule has 27 heavy (non-hydrogen) atoms. The van der Waals surface area contributed by atoms with E-state index in [1.807, 2.05) is 44.2 Å². The van der Waals surface area contributed by atoms with Crippen molar-refractivity contribution in [2.45, 2.75) is 51.4 Å². The molecular formula is C20H32N4O3. The minimum atomic E-state index is -0.541. The van der Waals surface area contributed by atoms with Crippen molar-refractivity contribution in [3.8, 4) is 0 Å². The maximum Gasteiger partial charge on any atom is 0.252 e. The third kappa shape index (κ3) is 7.28. The normalized spacial score (nSPS) is 19.6. The van der Waals surface area contributed by atoms with Gasteiger partial charge >= 0.3 is 0 Å². The number of nitrogens with one attached hydrogen (secondary N) is 3. The van der Waals surface area contributed by atoms with Crippen LogP contribution in [0.1, 0.15) is 44.8 Å². The minimum absolute atomic E-state index is 0.138. The van der Waals surface area contributed by atoms with Crippen LogP contribution in [0.25, 0.3) is 0 Å². The molecule has 5 N–H and O–H groups in total. The van der Waals surface area contributed by atoms with E-state index in [1.165, 1.54) is 0 Å². The Morgan fingerprint density at radius 2 is 1.85 bits per heavy atom. The van der Waals surface area contributed by atoms with Crippen LogP contribution >= 0.6 is 0 Å². The van der Waals surface area contributed by atoms with Crippen LogP contribution in [0, 0.1) is 5.92 Å². The highest BCUT2D eigenvalue weighted by Crippen LogP contribution is 2.38. The molecule has 0 aromatic heterocycles. The minimum Gasteiger partial charge on any atom is -0.354 e. The number of rotatable bonds is 12. The zero-order valence-corrected chi connectivity index (χ0v) is 16.2. The van der Waals surface area contributed by atoms with Gasteiger partial charge in [0.1, 0.15) is 12.1 Å². The van der Waals surface area contributed by atoms with E-state index in [1.54, 1.807) is 0 Å². The Morgan fingerprint density at radius 3 is 2.52 bits per heavy atom. The number of nitrogens with two attached hydrogens (primary N) is 1. The smallest absolute Gasteiger partial charge is 0.252 e. The van der Waals surface area contributed by atoms with E-state index in [0.717, 1.165) is 24.9 Å². The molecule has 0 aliphatic carbocycles. The number of carbonyl (C=O) groups is 2. The Kier molecular flexibility index (Phi) is 8.71. The van der Waals surface area contributed by atoms with Crippen molar-refractivity contribution in [2.24, 2.45) is 11.7 Å². The maximum atomic E-state index is 12.5. The number of unbranched alkanes of at least 4 members (excludes halogenated alkanes) is 1. The second-order valence-electron chi connectivity index (χ2n) is 7.28. The Balaban J connectivity index is 1.79. The number of epoxide rings is 1. The van der Waals surface area contributed by atoms with Crippen molar-refractivity contribution in [1.29, 1.82) is 0 Å². The molecule has 3 atom stereocenters. The summed E-state index contributed by atoms with van der Waals surface area (Å²) in [5.74, 6) is -0.0719. The molecule has 1 heterocycles. The van der Waals surface area contributed by atoms with Gasteiger partial charge in [-0.05, 0) is 37.3 Å². The Morgan fingerprint density at radius 1 is 1.15 bits per heavy atom. The molecule has 2 rings (SSSR count). The molecule has 1 aromatic rings. The lowest BCUT2D eigenvalue weighted by molar-refractivity contribution is -0.130. The summed E-state index contributed by atoms with van der Waals surface area (Å²) < 4.78 is 5.53. The molecule has 0 bridgehead atoms. The second-order valence-corrected chi connectivity index (χ2v) is 7.28. The summed E-state index contributed by atoms with van der Waals surface area (Å²) in [5.41, 5.74) is 6.35. The molecule has 7 nitrogen and oxygen atoms in total. The maximum absolute atomic E-state index is 12.5. The van der Waals surface area contributed by atoms with Gasteiger partial charge in [-0.1, -0.05) is 44.2 Å². The first-order valence-corrected chi connectivity index (χ1v) is 9.72. The lowest BCUT2D eigenvalue weighted by Gasteiger charge is -2.20. The average Bonchev–Trinajstić information content (AvgIpc) is 3.45. The molecule has 0 saturated carbocycles. The van der Waals surface area contributed by atoms with Crippen molar-refractivity contribution >= 4 is 11.8 Å². The van der Waals surface area contributed by atoms with Crippen LogP contribution in [0.15, 0.2) is 30.3 Å². The van der Waals surface area contributed by atoms with Gasteiger partial charge in [-0.25, -0.2) is 0 Å². The molecule has 0 spiro atoms. The third-order valence-electron chi connectivity index (χ3n) is 4.44. The molecule has 1 saturated heterocycles. The van der Waals surface area contributed by atoms with Crippen LogP contribution in [-0.4, -0.2) is 43.7 Å². The lowest BCUT2D eigenvalue weighted by atomic mass is 10.0. The number of benzene rings is 1. The van der Waals surface area contributed by atoms with Crippen molar-refractivity contribution in [2.75, 3.05) is 19.8 Å². The molecule has 2 amide bonds. The highest BCUT2D eigenvalue weighted by atomic mass is 16.6. The van der Waals surface area contributed by atoms with Crippen LogP contribution in [0.3, 0.4) is 0 Å². The van der Waals surface area contributed by atoms with E-state index in [2.05, 4.69) is 16.0 Å². The quantitative estimate of drug-likeness (QED) is 0.248. The van der Waals surface area contributed by atoms with Crippen LogP contribution in [0.2, 0.25) is 0 Å². The van der Waals surface area contributed by atoms with Gasteiger partial charge in [0.05, 0.1) is 0 Å². The Hall–Kier alpha value is -1.96. The van der Waals surface area contributed by atoms with E-state index < -0.39 is 12.1 Å². The van der Waals surface area contributed by atoms with Crippen molar-refractivity contribution in [1.82, 2.24) is 16.0 Å². The highest BCUT2D eigenvalue weighted by molar-refractivity contribution is 5.90. The van der Waals surface area contributed by atoms with Gasteiger partial charge in [-0.3, -0.25) is 9.59 Å². The van der Waals surface area contributed by atoms with Crippen molar-refractivity contribution in [3.05, 3.63) is 35.9 Å². The molecule has 1 aliphatic rings. The van der Waals surface area contributed by atoms with Gasteiger partial charge in [-0.2, -0.15) is 0 Å². The summed E-state index contributed by atoms with van der Waals surface area (Å²) in [6, 6.07) is 9.11. The first-order valence-electron chi connectivity index (χ1n) is 9.72. The summed E-state index contributed by atoms with van der Waals surface area (Å²) in [5, 5.41) is 8.83. The topological polar surface area (TPSA) is 109 Å². The van der Waals surface area contributed by atoms with Gasteiger partial charge in [-0.15, -0.1) is 0 Å². The summed E-state index contributed by atoms with van der Waals surface area (Å²) >= 11 is 0. The molecule has 1 aromatic carbocycles. The number of hydrogen-bond acceptors (Lipinski definition) is 5. The standard InChI is InChI=1S/C20H32N4O3/c1-14(2)12-16(19(25)23-11-7-6-10-22-13-21)24-20(26)18-17(27-18)15-8-4-3-5-9-15/h3-5,8-9,14,16-18,22H,6-7,10-13,21H2,1-2H3,(H,23,25)(H,24,26). The van der Waals surface area contributed by atoms with E-state index in [-0.39, 0.29) is 17.9 Å². The third-order valence-corrected chi connectivity index (χ3v) is 4.44. The lowest BCUT2D eigenvalue weighted by Crippen LogP contribution is -2.49. The Labute approximate surface area is 161 Å². The van der Waals surface area contributed by atoms with Crippen molar-refractivity contribution < 1.29 is 14.3 Å². The van der Waals surface area contributed by atoms with Crippen LogP contribution in [-0.2, 0) is 14.3 Å². The van der Waals surface area contributed by atoms with E-state index in [0.29, 0.717) is 25.6 Å². The van der Waals surface area contributed by atoms with Gasteiger partial charge in [0.2, 0.25) is 5.91 Å². The van der Waals surface area contributed by atoms with E-state index in [9.17, 15) is 9.59 Å². The molecule has 150 valence electrons. The predicted octanol–water partition coefficient (Wildman–Crippen LogP) is 1.06. The summed E-state index contributed by atoms with van der Waals surface area (Å²) in [6.07, 6.45) is 1.66. The number of ether oxygens (including phenoxy) is 1. The average molecular weight is 377 g/mol. The van der Waals surface area contributed by atoms with Gasteiger partial charge in [0.15, 0.2) is 6.10 Å². The predicted molar refractivity (Wildman–Crippen MR) is 105 cm³/mol. The van der Waals surface area contributed by atoms with Gasteiger partial charge in [0.25, 0.3) is 5.91 Å². The molecule has 1 aliphatic heterocycles.